The van der Waals surface area contributed by atoms with Gasteiger partial charge in [-0.1, -0.05) is 5.16 Å². The molecule has 3 aliphatic carbocycles. The van der Waals surface area contributed by atoms with E-state index in [9.17, 15) is 4.79 Å². The van der Waals surface area contributed by atoms with E-state index in [-0.39, 0.29) is 6.03 Å². The summed E-state index contributed by atoms with van der Waals surface area (Å²) in [6.45, 7) is 1.28. The second-order valence-electron chi connectivity index (χ2n) is 8.06. The van der Waals surface area contributed by atoms with Crippen LogP contribution in [0.3, 0.4) is 0 Å². The fraction of sp³-hybridized carbons (Fsp3) is 0.824. The van der Waals surface area contributed by atoms with Gasteiger partial charge in [0.1, 0.15) is 0 Å². The molecule has 2 aliphatic heterocycles. The maximum absolute atomic E-state index is 12.7. The number of nitrogens with one attached hydrogen (secondary N) is 1. The van der Waals surface area contributed by atoms with Crippen molar-refractivity contribution in [1.82, 2.24) is 20.4 Å². The molecule has 1 aromatic rings. The monoisotopic (exact) mass is 316 g/mol. The van der Waals surface area contributed by atoms with Gasteiger partial charge in [0.05, 0.1) is 6.54 Å². The first-order valence-electron chi connectivity index (χ1n) is 9.11. The molecule has 124 valence electrons. The van der Waals surface area contributed by atoms with Crippen LogP contribution in [0.2, 0.25) is 0 Å². The summed E-state index contributed by atoms with van der Waals surface area (Å²) >= 11 is 0. The van der Waals surface area contributed by atoms with Crippen LogP contribution in [-0.4, -0.2) is 33.7 Å². The molecule has 5 aliphatic rings. The van der Waals surface area contributed by atoms with Crippen LogP contribution < -0.4 is 5.32 Å². The minimum Gasteiger partial charge on any atom is -0.337 e. The highest BCUT2D eigenvalue weighted by Crippen LogP contribution is 2.47. The number of carbonyl (C=O) groups excluding carboxylic acids is 1. The summed E-state index contributed by atoms with van der Waals surface area (Å²) in [4.78, 5) is 19.1. The number of urea groups is 1. The lowest BCUT2D eigenvalue weighted by molar-refractivity contribution is 0.131. The van der Waals surface area contributed by atoms with E-state index in [1.807, 2.05) is 0 Å². The van der Waals surface area contributed by atoms with Gasteiger partial charge in [-0.2, -0.15) is 4.98 Å². The predicted octanol–water partition coefficient (Wildman–Crippen LogP) is 2.67. The van der Waals surface area contributed by atoms with Crippen molar-refractivity contribution in [1.29, 1.82) is 0 Å². The molecule has 6 nitrogen and oxygen atoms in total. The van der Waals surface area contributed by atoms with Crippen molar-refractivity contribution in [2.24, 2.45) is 17.8 Å². The molecule has 6 rings (SSSR count). The highest BCUT2D eigenvalue weighted by molar-refractivity contribution is 5.74. The third kappa shape index (κ3) is 2.62. The summed E-state index contributed by atoms with van der Waals surface area (Å²) in [5, 5.41) is 7.00. The summed E-state index contributed by atoms with van der Waals surface area (Å²) in [6.07, 6.45) is 8.76. The molecule has 1 aromatic heterocycles. The second kappa shape index (κ2) is 5.21. The maximum atomic E-state index is 12.7. The highest BCUT2D eigenvalue weighted by atomic mass is 16.5. The van der Waals surface area contributed by atoms with Crippen molar-refractivity contribution in [3.8, 4) is 0 Å². The molecule has 2 saturated heterocycles. The van der Waals surface area contributed by atoms with Gasteiger partial charge in [0.25, 0.3) is 0 Å². The lowest BCUT2D eigenvalue weighted by Crippen LogP contribution is -2.47. The van der Waals surface area contributed by atoms with Gasteiger partial charge in [0.15, 0.2) is 5.82 Å². The standard InChI is InChI=1S/C17H24N4O2/c22-17(18-8-15-19-16(20-23-15)13-1-2-13)21-9-12-4-10-3-11(5-12)7-14(21)6-10/h10-14H,1-9H2,(H,18,22). The SMILES string of the molecule is O=C(NCc1nc(C2CC2)no1)N1CC2CC3CC(C2)CC1C3. The smallest absolute Gasteiger partial charge is 0.318 e. The molecule has 2 atom stereocenters. The summed E-state index contributed by atoms with van der Waals surface area (Å²) in [5.41, 5.74) is 0. The van der Waals surface area contributed by atoms with Crippen molar-refractivity contribution in [2.45, 2.75) is 63.5 Å². The van der Waals surface area contributed by atoms with Gasteiger partial charge in [-0.3, -0.25) is 0 Å². The predicted molar refractivity (Wildman–Crippen MR) is 82.6 cm³/mol. The largest absolute Gasteiger partial charge is 0.337 e. The van der Waals surface area contributed by atoms with Crippen molar-refractivity contribution >= 4 is 6.03 Å². The molecule has 0 spiro atoms. The fourth-order valence-corrected chi connectivity index (χ4v) is 5.13. The van der Waals surface area contributed by atoms with Gasteiger partial charge in [-0.25, -0.2) is 4.79 Å². The number of aromatic nitrogens is 2. The van der Waals surface area contributed by atoms with Crippen molar-refractivity contribution < 1.29 is 9.32 Å². The summed E-state index contributed by atoms with van der Waals surface area (Å²) in [5.74, 6) is 4.24. The van der Waals surface area contributed by atoms with Gasteiger partial charge >= 0.3 is 6.03 Å². The highest BCUT2D eigenvalue weighted by Gasteiger charge is 2.44. The average molecular weight is 316 g/mol. The molecule has 0 radical (unpaired) electrons. The van der Waals surface area contributed by atoms with E-state index in [0.29, 0.717) is 30.3 Å². The van der Waals surface area contributed by atoms with Gasteiger partial charge < -0.3 is 14.7 Å². The van der Waals surface area contributed by atoms with Crippen LogP contribution in [0.1, 0.15) is 62.6 Å². The Labute approximate surface area is 136 Å². The topological polar surface area (TPSA) is 71.3 Å². The van der Waals surface area contributed by atoms with Crippen LogP contribution in [0.25, 0.3) is 0 Å². The zero-order valence-electron chi connectivity index (χ0n) is 13.4. The lowest BCUT2D eigenvalue weighted by Gasteiger charge is -2.38. The first-order chi connectivity index (χ1) is 11.2. The van der Waals surface area contributed by atoms with Gasteiger partial charge in [0.2, 0.25) is 5.89 Å². The Hall–Kier alpha value is -1.59. The van der Waals surface area contributed by atoms with E-state index in [1.54, 1.807) is 0 Å². The van der Waals surface area contributed by atoms with Gasteiger partial charge in [-0.15, -0.1) is 0 Å². The summed E-state index contributed by atoms with van der Waals surface area (Å²) in [7, 11) is 0. The lowest BCUT2D eigenvalue weighted by atomic mass is 9.68. The molecular formula is C17H24N4O2. The average Bonchev–Trinajstić information content (AvgIpc) is 3.31. The van der Waals surface area contributed by atoms with Crippen LogP contribution in [0.5, 0.6) is 0 Å². The zero-order valence-corrected chi connectivity index (χ0v) is 13.4. The third-order valence-corrected chi connectivity index (χ3v) is 6.18. The maximum Gasteiger partial charge on any atom is 0.318 e. The molecule has 3 saturated carbocycles. The van der Waals surface area contributed by atoms with Crippen molar-refractivity contribution in [3.05, 3.63) is 11.7 Å². The molecule has 3 heterocycles. The first kappa shape index (κ1) is 13.8. The van der Waals surface area contributed by atoms with Crippen LogP contribution in [0.4, 0.5) is 4.79 Å². The molecule has 2 unspecified atom stereocenters. The molecule has 2 amide bonds. The Morgan fingerprint density at radius 3 is 2.61 bits per heavy atom. The van der Waals surface area contributed by atoms with E-state index < -0.39 is 0 Å². The van der Waals surface area contributed by atoms with E-state index in [4.69, 9.17) is 4.52 Å². The number of carbonyl (C=O) groups is 1. The molecule has 4 bridgehead atoms. The number of hydrogen-bond acceptors (Lipinski definition) is 4. The Kier molecular flexibility index (Phi) is 3.13. The fourth-order valence-electron chi connectivity index (χ4n) is 5.13. The normalized spacial score (nSPS) is 35.4. The minimum absolute atomic E-state index is 0.0503. The molecule has 23 heavy (non-hydrogen) atoms. The van der Waals surface area contributed by atoms with Crippen molar-refractivity contribution in [3.63, 3.8) is 0 Å². The number of fused-ring (bicyclic) bond motifs is 1. The minimum atomic E-state index is 0.0503. The van der Waals surface area contributed by atoms with E-state index in [2.05, 4.69) is 20.4 Å². The van der Waals surface area contributed by atoms with Gasteiger partial charge in [-0.05, 0) is 62.7 Å². The van der Waals surface area contributed by atoms with Crippen LogP contribution >= 0.6 is 0 Å². The summed E-state index contributed by atoms with van der Waals surface area (Å²) in [6, 6.07) is 0.491. The Balaban J connectivity index is 1.23. The quantitative estimate of drug-likeness (QED) is 0.930. The zero-order chi connectivity index (χ0) is 15.4. The Morgan fingerprint density at radius 1 is 1.13 bits per heavy atom. The summed E-state index contributed by atoms with van der Waals surface area (Å²) < 4.78 is 5.24. The number of amides is 2. The first-order valence-corrected chi connectivity index (χ1v) is 9.11. The Morgan fingerprint density at radius 2 is 1.87 bits per heavy atom. The molecule has 5 fully saturated rings. The van der Waals surface area contributed by atoms with Gasteiger partial charge in [0, 0.05) is 18.5 Å². The molecule has 0 aromatic carbocycles. The van der Waals surface area contributed by atoms with Crippen LogP contribution in [-0.2, 0) is 6.54 Å². The van der Waals surface area contributed by atoms with E-state index >= 15 is 0 Å². The third-order valence-electron chi connectivity index (χ3n) is 6.18. The van der Waals surface area contributed by atoms with E-state index in [1.165, 1.54) is 32.1 Å². The van der Waals surface area contributed by atoms with Crippen LogP contribution in [0.15, 0.2) is 4.52 Å². The number of rotatable bonds is 3. The van der Waals surface area contributed by atoms with Crippen LogP contribution in [0, 0.1) is 17.8 Å². The number of nitrogens with zero attached hydrogens (tertiary/aromatic N) is 3. The Bertz CT molecular complexity index is 597. The molecule has 6 heteroatoms. The van der Waals surface area contributed by atoms with Crippen molar-refractivity contribution in [2.75, 3.05) is 6.54 Å². The second-order valence-corrected chi connectivity index (χ2v) is 8.06. The number of hydrogen-bond donors (Lipinski definition) is 1. The van der Waals surface area contributed by atoms with E-state index in [0.717, 1.165) is 37.0 Å². The molecular weight excluding hydrogens is 292 g/mol. The molecule has 1 N–H and O–H groups in total.